The Morgan fingerprint density at radius 2 is 1.82 bits per heavy atom. The number of anilines is 2. The number of hydrogen-bond acceptors (Lipinski definition) is 4. The van der Waals surface area contributed by atoms with Crippen LogP contribution in [0.5, 0.6) is 0 Å². The van der Waals surface area contributed by atoms with Crippen molar-refractivity contribution in [3.63, 3.8) is 0 Å². The summed E-state index contributed by atoms with van der Waals surface area (Å²) >= 11 is 0. The van der Waals surface area contributed by atoms with Crippen molar-refractivity contribution in [2.24, 2.45) is 5.92 Å². The van der Waals surface area contributed by atoms with E-state index in [1.54, 1.807) is 12.1 Å². The molecule has 4 rings (SSSR count). The molecule has 0 aromatic heterocycles. The van der Waals surface area contributed by atoms with Gasteiger partial charge in [-0.25, -0.2) is 8.42 Å². The number of nitrogens with zero attached hydrogens (tertiary/aromatic N) is 2. The lowest BCUT2D eigenvalue weighted by molar-refractivity contribution is -0.125. The molecule has 0 saturated heterocycles. The van der Waals surface area contributed by atoms with Gasteiger partial charge in [-0.1, -0.05) is 25.5 Å². The van der Waals surface area contributed by atoms with E-state index in [1.807, 2.05) is 36.1 Å². The molecule has 2 amide bonds. The van der Waals surface area contributed by atoms with Crippen LogP contribution in [0.1, 0.15) is 44.2 Å². The number of amides is 2. The highest BCUT2D eigenvalue weighted by molar-refractivity contribution is 7.89. The van der Waals surface area contributed by atoms with E-state index >= 15 is 0 Å². The van der Waals surface area contributed by atoms with Crippen LogP contribution in [-0.2, 0) is 32.5 Å². The van der Waals surface area contributed by atoms with E-state index < -0.39 is 15.9 Å². The third-order valence-corrected chi connectivity index (χ3v) is 8.48. The van der Waals surface area contributed by atoms with Crippen molar-refractivity contribution in [1.82, 2.24) is 4.31 Å². The number of fused-ring (bicyclic) bond motifs is 1. The Kier molecular flexibility index (Phi) is 6.59. The molecule has 1 aliphatic carbocycles. The van der Waals surface area contributed by atoms with Crippen molar-refractivity contribution < 1.29 is 18.0 Å². The number of benzene rings is 2. The van der Waals surface area contributed by atoms with Crippen LogP contribution in [0.15, 0.2) is 47.4 Å². The highest BCUT2D eigenvalue weighted by Crippen LogP contribution is 2.38. The van der Waals surface area contributed by atoms with Gasteiger partial charge in [0.15, 0.2) is 0 Å². The zero-order valence-electron chi connectivity index (χ0n) is 19.4. The molecule has 1 unspecified atom stereocenters. The maximum atomic E-state index is 13.1. The van der Waals surface area contributed by atoms with E-state index in [0.29, 0.717) is 12.1 Å². The maximum Gasteiger partial charge on any atom is 0.243 e. The van der Waals surface area contributed by atoms with Crippen LogP contribution in [0.4, 0.5) is 11.4 Å². The molecule has 7 nitrogen and oxygen atoms in total. The molecular formula is C25H31N3O4S. The highest BCUT2D eigenvalue weighted by Gasteiger charge is 2.37. The van der Waals surface area contributed by atoms with Crippen molar-refractivity contribution in [2.45, 2.75) is 56.9 Å². The lowest BCUT2D eigenvalue weighted by Gasteiger charge is -2.32. The van der Waals surface area contributed by atoms with Crippen molar-refractivity contribution in [3.05, 3.63) is 53.6 Å². The first kappa shape index (κ1) is 23.4. The zero-order chi connectivity index (χ0) is 23.8. The molecule has 33 heavy (non-hydrogen) atoms. The standard InChI is InChI=1S/C25H31N3O4S/c1-4-18-8-10-21(11-9-18)26-24(29)16-27(3)33(31,32)22-12-13-23-20(15-22)14-17(2)28(23)25(30)19-6-5-7-19/h8-13,15,17,19H,4-7,14,16H2,1-3H3,(H,26,29). The average molecular weight is 470 g/mol. The minimum atomic E-state index is -3.85. The number of aryl methyl sites for hydroxylation is 1. The Morgan fingerprint density at radius 3 is 2.42 bits per heavy atom. The predicted molar refractivity (Wildman–Crippen MR) is 129 cm³/mol. The third kappa shape index (κ3) is 4.68. The lowest BCUT2D eigenvalue weighted by atomic mass is 9.84. The van der Waals surface area contributed by atoms with Crippen molar-refractivity contribution >= 4 is 33.2 Å². The fourth-order valence-corrected chi connectivity index (χ4v) is 5.63. The Bertz CT molecular complexity index is 1160. The molecule has 176 valence electrons. The Labute approximate surface area is 195 Å². The van der Waals surface area contributed by atoms with Gasteiger partial charge in [-0.2, -0.15) is 4.31 Å². The summed E-state index contributed by atoms with van der Waals surface area (Å²) in [5.74, 6) is -0.175. The summed E-state index contributed by atoms with van der Waals surface area (Å²) < 4.78 is 27.3. The minimum Gasteiger partial charge on any atom is -0.325 e. The summed E-state index contributed by atoms with van der Waals surface area (Å²) in [6.07, 6.45) is 4.47. The summed E-state index contributed by atoms with van der Waals surface area (Å²) in [7, 11) is -2.45. The second-order valence-corrected chi connectivity index (χ2v) is 11.1. The average Bonchev–Trinajstić information content (AvgIpc) is 3.07. The summed E-state index contributed by atoms with van der Waals surface area (Å²) in [6.45, 7) is 3.75. The van der Waals surface area contributed by atoms with Gasteiger partial charge in [-0.05, 0) is 74.1 Å². The van der Waals surface area contributed by atoms with Gasteiger partial charge >= 0.3 is 0 Å². The molecule has 1 fully saturated rings. The molecule has 2 aromatic rings. The monoisotopic (exact) mass is 469 g/mol. The van der Waals surface area contributed by atoms with Crippen molar-refractivity contribution in [2.75, 3.05) is 23.8 Å². The quantitative estimate of drug-likeness (QED) is 0.671. The van der Waals surface area contributed by atoms with Crippen LogP contribution < -0.4 is 10.2 Å². The highest BCUT2D eigenvalue weighted by atomic mass is 32.2. The molecule has 1 atom stereocenters. The van der Waals surface area contributed by atoms with E-state index in [0.717, 1.165) is 46.8 Å². The molecular weight excluding hydrogens is 438 g/mol. The largest absolute Gasteiger partial charge is 0.325 e. The van der Waals surface area contributed by atoms with Crippen LogP contribution in [0, 0.1) is 5.92 Å². The number of rotatable bonds is 7. The van der Waals surface area contributed by atoms with Crippen molar-refractivity contribution in [3.8, 4) is 0 Å². The Morgan fingerprint density at radius 1 is 1.12 bits per heavy atom. The van der Waals surface area contributed by atoms with Gasteiger partial charge in [0, 0.05) is 30.4 Å². The maximum absolute atomic E-state index is 13.1. The summed E-state index contributed by atoms with van der Waals surface area (Å²) in [5, 5.41) is 2.75. The lowest BCUT2D eigenvalue weighted by Crippen LogP contribution is -2.42. The molecule has 1 saturated carbocycles. The van der Waals surface area contributed by atoms with Crippen LogP contribution in [0.3, 0.4) is 0 Å². The first-order valence-electron chi connectivity index (χ1n) is 11.5. The normalized spacial score (nSPS) is 18.2. The molecule has 0 spiro atoms. The van der Waals surface area contributed by atoms with Crippen molar-refractivity contribution in [1.29, 1.82) is 0 Å². The predicted octanol–water partition coefficient (Wildman–Crippen LogP) is 3.59. The summed E-state index contributed by atoms with van der Waals surface area (Å²) in [5.41, 5.74) is 3.44. The number of sulfonamides is 1. The second kappa shape index (κ2) is 9.27. The fourth-order valence-electron chi connectivity index (χ4n) is 4.45. The third-order valence-electron chi connectivity index (χ3n) is 6.68. The molecule has 2 aromatic carbocycles. The zero-order valence-corrected chi connectivity index (χ0v) is 20.2. The van der Waals surface area contributed by atoms with Crippen LogP contribution >= 0.6 is 0 Å². The fraction of sp³-hybridized carbons (Fsp3) is 0.440. The Hall–Kier alpha value is -2.71. The van der Waals surface area contributed by atoms with Gasteiger partial charge < -0.3 is 10.2 Å². The first-order chi connectivity index (χ1) is 15.7. The van der Waals surface area contributed by atoms with E-state index in [-0.39, 0.29) is 29.3 Å². The number of carbonyl (C=O) groups is 2. The van der Waals surface area contributed by atoms with Gasteiger partial charge in [-0.15, -0.1) is 0 Å². The van der Waals surface area contributed by atoms with E-state index in [4.69, 9.17) is 0 Å². The van der Waals surface area contributed by atoms with Gasteiger partial charge in [0.2, 0.25) is 21.8 Å². The van der Waals surface area contributed by atoms with E-state index in [9.17, 15) is 18.0 Å². The molecule has 0 radical (unpaired) electrons. The molecule has 2 aliphatic rings. The second-order valence-electron chi connectivity index (χ2n) is 9.04. The minimum absolute atomic E-state index is 0.00802. The van der Waals surface area contributed by atoms with Crippen LogP contribution in [-0.4, -0.2) is 44.2 Å². The van der Waals surface area contributed by atoms with Gasteiger partial charge in [0.25, 0.3) is 0 Å². The molecule has 1 heterocycles. The smallest absolute Gasteiger partial charge is 0.243 e. The number of hydrogen-bond donors (Lipinski definition) is 1. The molecule has 0 bridgehead atoms. The number of carbonyl (C=O) groups excluding carboxylic acids is 2. The first-order valence-corrected chi connectivity index (χ1v) is 13.0. The topological polar surface area (TPSA) is 86.8 Å². The van der Waals surface area contributed by atoms with Gasteiger partial charge in [-0.3, -0.25) is 9.59 Å². The number of likely N-dealkylation sites (N-methyl/N-ethyl adjacent to an activating group) is 1. The molecule has 1 N–H and O–H groups in total. The SMILES string of the molecule is CCc1ccc(NC(=O)CN(C)S(=O)(=O)c2ccc3c(c2)CC(C)N3C(=O)C2CCC2)cc1. The Balaban J connectivity index is 1.46. The van der Waals surface area contributed by atoms with Gasteiger partial charge in [0.05, 0.1) is 11.4 Å². The van der Waals surface area contributed by atoms with Crippen LogP contribution in [0.2, 0.25) is 0 Å². The molecule has 8 heteroatoms. The summed E-state index contributed by atoms with van der Waals surface area (Å²) in [4.78, 5) is 27.3. The van der Waals surface area contributed by atoms with E-state index in [2.05, 4.69) is 12.2 Å². The van der Waals surface area contributed by atoms with Gasteiger partial charge in [0.1, 0.15) is 0 Å². The number of nitrogens with one attached hydrogen (secondary N) is 1. The van der Waals surface area contributed by atoms with E-state index in [1.165, 1.54) is 13.1 Å². The molecule has 1 aliphatic heterocycles. The summed E-state index contributed by atoms with van der Waals surface area (Å²) in [6, 6.07) is 12.4. The van der Waals surface area contributed by atoms with Crippen LogP contribution in [0.25, 0.3) is 0 Å².